The standard InChI is InChI=1S/C14H30NO5P/c1-10(2)8-13(20-21(17,18)19)14(16)12(15)9-11-6-4-3-5-7-11/h10-14,16H,3-9,15H2,1-2H3,(H2,17,18,19)/t12-,13-,14+/m0/s1. The predicted molar refractivity (Wildman–Crippen MR) is 81.5 cm³/mol. The lowest BCUT2D eigenvalue weighted by Crippen LogP contribution is -2.45. The number of nitrogens with two attached hydrogens (primary N) is 1. The van der Waals surface area contributed by atoms with Crippen LogP contribution in [0.25, 0.3) is 0 Å². The van der Waals surface area contributed by atoms with Crippen molar-refractivity contribution in [1.29, 1.82) is 0 Å². The Labute approximate surface area is 127 Å². The van der Waals surface area contributed by atoms with Crippen LogP contribution in [-0.2, 0) is 9.09 Å². The van der Waals surface area contributed by atoms with E-state index >= 15 is 0 Å². The van der Waals surface area contributed by atoms with Gasteiger partial charge < -0.3 is 20.6 Å². The minimum absolute atomic E-state index is 0.151. The Bertz CT molecular complexity index is 340. The van der Waals surface area contributed by atoms with E-state index in [9.17, 15) is 9.67 Å². The second kappa shape index (κ2) is 8.61. The molecule has 0 aromatic carbocycles. The van der Waals surface area contributed by atoms with Gasteiger partial charge in [-0.3, -0.25) is 4.52 Å². The summed E-state index contributed by atoms with van der Waals surface area (Å²) in [5, 5.41) is 10.3. The molecule has 0 bridgehead atoms. The number of hydrogen-bond acceptors (Lipinski definition) is 4. The Balaban J connectivity index is 2.59. The van der Waals surface area contributed by atoms with E-state index < -0.39 is 26.1 Å². The maximum atomic E-state index is 11.1. The zero-order chi connectivity index (χ0) is 16.0. The highest BCUT2D eigenvalue weighted by molar-refractivity contribution is 7.46. The molecule has 0 radical (unpaired) electrons. The van der Waals surface area contributed by atoms with Crippen molar-refractivity contribution >= 4 is 7.82 Å². The molecular formula is C14H30NO5P. The van der Waals surface area contributed by atoms with Gasteiger partial charge in [-0.1, -0.05) is 46.0 Å². The van der Waals surface area contributed by atoms with Crippen LogP contribution in [-0.4, -0.2) is 33.1 Å². The summed E-state index contributed by atoms with van der Waals surface area (Å²) in [5.41, 5.74) is 6.06. The molecule has 5 N–H and O–H groups in total. The molecule has 0 saturated heterocycles. The largest absolute Gasteiger partial charge is 0.469 e. The van der Waals surface area contributed by atoms with Gasteiger partial charge in [0.2, 0.25) is 0 Å². The molecule has 1 rings (SSSR count). The van der Waals surface area contributed by atoms with Gasteiger partial charge in [-0.05, 0) is 24.7 Å². The van der Waals surface area contributed by atoms with Gasteiger partial charge in [0.25, 0.3) is 0 Å². The van der Waals surface area contributed by atoms with Crippen molar-refractivity contribution in [3.05, 3.63) is 0 Å². The number of aliphatic hydroxyl groups excluding tert-OH is 1. The third kappa shape index (κ3) is 7.73. The van der Waals surface area contributed by atoms with Crippen LogP contribution in [0.1, 0.15) is 58.8 Å². The molecule has 1 aliphatic carbocycles. The Hall–Kier alpha value is 0.0300. The summed E-state index contributed by atoms with van der Waals surface area (Å²) < 4.78 is 15.8. The van der Waals surface area contributed by atoms with Gasteiger partial charge in [-0.25, -0.2) is 4.57 Å². The first-order valence-corrected chi connectivity index (χ1v) is 9.39. The molecule has 1 saturated carbocycles. The number of rotatable bonds is 8. The first-order valence-electron chi connectivity index (χ1n) is 7.86. The fourth-order valence-corrected chi connectivity index (χ4v) is 3.67. The van der Waals surface area contributed by atoms with Crippen molar-refractivity contribution in [2.45, 2.75) is 77.0 Å². The number of phosphoric acid groups is 1. The van der Waals surface area contributed by atoms with Gasteiger partial charge in [0, 0.05) is 6.04 Å². The first kappa shape index (κ1) is 19.1. The summed E-state index contributed by atoms with van der Waals surface area (Å²) in [6, 6.07) is -0.511. The topological polar surface area (TPSA) is 113 Å². The maximum absolute atomic E-state index is 11.1. The van der Waals surface area contributed by atoms with Gasteiger partial charge in [-0.2, -0.15) is 0 Å². The van der Waals surface area contributed by atoms with Crippen LogP contribution in [0.3, 0.4) is 0 Å². The molecule has 7 heteroatoms. The highest BCUT2D eigenvalue weighted by atomic mass is 31.2. The van der Waals surface area contributed by atoms with Gasteiger partial charge >= 0.3 is 7.82 Å². The Morgan fingerprint density at radius 3 is 2.29 bits per heavy atom. The molecule has 0 heterocycles. The second-order valence-corrected chi connectivity index (χ2v) is 7.85. The zero-order valence-electron chi connectivity index (χ0n) is 13.0. The van der Waals surface area contributed by atoms with Crippen molar-refractivity contribution in [2.24, 2.45) is 17.6 Å². The van der Waals surface area contributed by atoms with Crippen LogP contribution in [0.5, 0.6) is 0 Å². The Morgan fingerprint density at radius 1 is 1.24 bits per heavy atom. The van der Waals surface area contributed by atoms with E-state index in [4.69, 9.17) is 20.0 Å². The monoisotopic (exact) mass is 323 g/mol. The molecular weight excluding hydrogens is 293 g/mol. The minimum Gasteiger partial charge on any atom is -0.389 e. The number of aliphatic hydroxyl groups is 1. The summed E-state index contributed by atoms with van der Waals surface area (Å²) >= 11 is 0. The molecule has 21 heavy (non-hydrogen) atoms. The van der Waals surface area contributed by atoms with E-state index in [2.05, 4.69) is 0 Å². The fourth-order valence-electron chi connectivity index (χ4n) is 3.11. The number of hydrogen-bond donors (Lipinski definition) is 4. The lowest BCUT2D eigenvalue weighted by Gasteiger charge is -2.31. The van der Waals surface area contributed by atoms with Crippen LogP contribution in [0.15, 0.2) is 0 Å². The summed E-state index contributed by atoms with van der Waals surface area (Å²) in [6.45, 7) is 3.82. The summed E-state index contributed by atoms with van der Waals surface area (Å²) in [5.74, 6) is 0.649. The molecule has 0 aromatic rings. The van der Waals surface area contributed by atoms with Crippen molar-refractivity contribution in [2.75, 3.05) is 0 Å². The molecule has 1 aliphatic rings. The molecule has 0 spiro atoms. The first-order chi connectivity index (χ1) is 9.69. The molecule has 6 nitrogen and oxygen atoms in total. The average molecular weight is 323 g/mol. The fraction of sp³-hybridized carbons (Fsp3) is 1.00. The number of phosphoric ester groups is 1. The smallest absolute Gasteiger partial charge is 0.389 e. The molecule has 0 aliphatic heterocycles. The molecule has 1 fully saturated rings. The highest BCUT2D eigenvalue weighted by Gasteiger charge is 2.33. The zero-order valence-corrected chi connectivity index (χ0v) is 13.9. The van der Waals surface area contributed by atoms with Crippen LogP contribution in [0.4, 0.5) is 0 Å². The second-order valence-electron chi connectivity index (χ2n) is 6.66. The van der Waals surface area contributed by atoms with Crippen molar-refractivity contribution in [3.63, 3.8) is 0 Å². The van der Waals surface area contributed by atoms with Gasteiger partial charge in [0.05, 0.1) is 12.2 Å². The Kier molecular flexibility index (Phi) is 7.82. The van der Waals surface area contributed by atoms with Crippen LogP contribution in [0, 0.1) is 11.8 Å². The van der Waals surface area contributed by atoms with Crippen molar-refractivity contribution in [3.8, 4) is 0 Å². The molecule has 0 unspecified atom stereocenters. The van der Waals surface area contributed by atoms with E-state index in [1.54, 1.807) is 0 Å². The predicted octanol–water partition coefficient (Wildman–Crippen LogP) is 2.17. The van der Waals surface area contributed by atoms with Gasteiger partial charge in [0.15, 0.2) is 0 Å². The van der Waals surface area contributed by atoms with Gasteiger partial charge in [0.1, 0.15) is 0 Å². The van der Waals surface area contributed by atoms with Crippen LogP contribution >= 0.6 is 7.82 Å². The quantitative estimate of drug-likeness (QED) is 0.509. The summed E-state index contributed by atoms with van der Waals surface area (Å²) in [6.07, 6.45) is 4.95. The van der Waals surface area contributed by atoms with E-state index in [0.29, 0.717) is 18.8 Å². The van der Waals surface area contributed by atoms with E-state index in [-0.39, 0.29) is 5.92 Å². The minimum atomic E-state index is -4.63. The van der Waals surface area contributed by atoms with E-state index in [1.165, 1.54) is 19.3 Å². The van der Waals surface area contributed by atoms with E-state index in [1.807, 2.05) is 13.8 Å². The molecule has 0 amide bonds. The average Bonchev–Trinajstić information content (AvgIpc) is 2.36. The maximum Gasteiger partial charge on any atom is 0.469 e. The van der Waals surface area contributed by atoms with Crippen molar-refractivity contribution in [1.82, 2.24) is 0 Å². The lowest BCUT2D eigenvalue weighted by molar-refractivity contribution is -0.0115. The lowest BCUT2D eigenvalue weighted by atomic mass is 9.83. The van der Waals surface area contributed by atoms with Crippen molar-refractivity contribution < 1.29 is 24.0 Å². The Morgan fingerprint density at radius 2 is 1.81 bits per heavy atom. The molecule has 0 aromatic heterocycles. The van der Waals surface area contributed by atoms with Crippen LogP contribution in [0.2, 0.25) is 0 Å². The third-order valence-electron chi connectivity index (χ3n) is 4.13. The summed E-state index contributed by atoms with van der Waals surface area (Å²) in [4.78, 5) is 18.0. The summed E-state index contributed by atoms with van der Waals surface area (Å²) in [7, 11) is -4.63. The SMILES string of the molecule is CC(C)C[C@H](OP(=O)(O)O)[C@H](O)[C@@H](N)CC1CCCCC1. The third-order valence-corrected chi connectivity index (χ3v) is 4.67. The normalized spacial score (nSPS) is 22.2. The van der Waals surface area contributed by atoms with Gasteiger partial charge in [-0.15, -0.1) is 0 Å². The molecule has 126 valence electrons. The van der Waals surface area contributed by atoms with Crippen LogP contribution < -0.4 is 5.73 Å². The highest BCUT2D eigenvalue weighted by Crippen LogP contribution is 2.40. The van der Waals surface area contributed by atoms with E-state index in [0.717, 1.165) is 12.8 Å². The molecule has 3 atom stereocenters.